The van der Waals surface area contributed by atoms with Gasteiger partial charge in [0.15, 0.2) is 5.78 Å². The van der Waals surface area contributed by atoms with Crippen molar-refractivity contribution in [2.75, 3.05) is 6.61 Å². The molecule has 8 heteroatoms. The molecule has 0 saturated heterocycles. The van der Waals surface area contributed by atoms with E-state index >= 15 is 0 Å². The predicted octanol–water partition coefficient (Wildman–Crippen LogP) is 1.64. The zero-order valence-electron chi connectivity index (χ0n) is 11.3. The lowest BCUT2D eigenvalue weighted by Crippen LogP contribution is -2.26. The fourth-order valence-electron chi connectivity index (χ4n) is 1.56. The molecule has 0 aliphatic heterocycles. The minimum atomic E-state index is -3.65. The maximum absolute atomic E-state index is 12.1. The second-order valence-electron chi connectivity index (χ2n) is 4.82. The van der Waals surface area contributed by atoms with Crippen LogP contribution in [0.2, 0.25) is 0 Å². The Morgan fingerprint density at radius 1 is 1.38 bits per heavy atom. The maximum Gasteiger partial charge on any atom is 0.339 e. The summed E-state index contributed by atoms with van der Waals surface area (Å²) in [5.74, 6) is -1.04. The van der Waals surface area contributed by atoms with Crippen LogP contribution in [0.1, 0.15) is 30.1 Å². The number of carbonyl (C=O) groups is 2. The number of sulfonamides is 1. The summed E-state index contributed by atoms with van der Waals surface area (Å²) in [6.07, 6.45) is 1.65. The van der Waals surface area contributed by atoms with Crippen molar-refractivity contribution in [1.82, 2.24) is 4.72 Å². The van der Waals surface area contributed by atoms with Gasteiger partial charge in [-0.2, -0.15) is 0 Å². The van der Waals surface area contributed by atoms with E-state index < -0.39 is 16.0 Å². The molecule has 0 atom stereocenters. The van der Waals surface area contributed by atoms with Crippen molar-refractivity contribution >= 4 is 37.7 Å². The molecule has 1 aromatic carbocycles. The molecular formula is C13H14BrNO5S. The van der Waals surface area contributed by atoms with Gasteiger partial charge in [-0.05, 0) is 53.9 Å². The summed E-state index contributed by atoms with van der Waals surface area (Å²) in [5, 5.41) is 0. The maximum atomic E-state index is 12.1. The second-order valence-corrected chi connectivity index (χ2v) is 7.38. The molecule has 0 unspecified atom stereocenters. The van der Waals surface area contributed by atoms with Crippen molar-refractivity contribution in [3.8, 4) is 0 Å². The minimum absolute atomic E-state index is 0.00706. The van der Waals surface area contributed by atoms with Crippen LogP contribution < -0.4 is 4.72 Å². The van der Waals surface area contributed by atoms with Gasteiger partial charge in [0, 0.05) is 10.5 Å². The van der Waals surface area contributed by atoms with E-state index in [1.807, 2.05) is 0 Å². The number of Topliss-reactive ketones (excluding diaryl/α,β-unsaturated/α-hetero) is 1. The third kappa shape index (κ3) is 4.36. The summed E-state index contributed by atoms with van der Waals surface area (Å²) < 4.78 is 31.9. The lowest BCUT2D eigenvalue weighted by Gasteiger charge is -2.09. The molecule has 0 bridgehead atoms. The number of hydrogen-bond acceptors (Lipinski definition) is 5. The Morgan fingerprint density at radius 2 is 2.05 bits per heavy atom. The van der Waals surface area contributed by atoms with E-state index in [1.165, 1.54) is 25.1 Å². The van der Waals surface area contributed by atoms with Crippen molar-refractivity contribution in [1.29, 1.82) is 0 Å². The van der Waals surface area contributed by atoms with Crippen molar-refractivity contribution in [2.45, 2.75) is 30.7 Å². The van der Waals surface area contributed by atoms with Gasteiger partial charge in [-0.15, -0.1) is 0 Å². The van der Waals surface area contributed by atoms with Crippen molar-refractivity contribution in [3.05, 3.63) is 28.2 Å². The largest absolute Gasteiger partial charge is 0.454 e. The molecule has 6 nitrogen and oxygen atoms in total. The summed E-state index contributed by atoms with van der Waals surface area (Å²) in [5.41, 5.74) is 0.0647. The van der Waals surface area contributed by atoms with E-state index in [2.05, 4.69) is 20.7 Å². The molecule has 0 spiro atoms. The molecule has 1 saturated carbocycles. The van der Waals surface area contributed by atoms with Crippen LogP contribution >= 0.6 is 15.9 Å². The number of rotatable bonds is 6. The highest BCUT2D eigenvalue weighted by molar-refractivity contribution is 9.10. The molecule has 0 radical (unpaired) electrons. The van der Waals surface area contributed by atoms with E-state index in [0.717, 1.165) is 12.8 Å². The molecule has 2 rings (SSSR count). The van der Waals surface area contributed by atoms with Gasteiger partial charge in [-0.25, -0.2) is 17.9 Å². The molecule has 0 amide bonds. The Bertz CT molecular complexity index is 682. The first-order valence-corrected chi connectivity index (χ1v) is 8.55. The quantitative estimate of drug-likeness (QED) is 0.763. The highest BCUT2D eigenvalue weighted by atomic mass is 79.9. The summed E-state index contributed by atoms with van der Waals surface area (Å²) in [6.45, 7) is 0.950. The zero-order valence-corrected chi connectivity index (χ0v) is 13.7. The fourth-order valence-corrected chi connectivity index (χ4v) is 3.30. The van der Waals surface area contributed by atoms with Crippen molar-refractivity contribution in [2.24, 2.45) is 0 Å². The van der Waals surface area contributed by atoms with Crippen LogP contribution in [0.3, 0.4) is 0 Å². The first-order valence-electron chi connectivity index (χ1n) is 6.28. The minimum Gasteiger partial charge on any atom is -0.454 e. The van der Waals surface area contributed by atoms with E-state index in [4.69, 9.17) is 4.74 Å². The summed E-state index contributed by atoms with van der Waals surface area (Å²) in [7, 11) is -3.65. The van der Waals surface area contributed by atoms with E-state index in [9.17, 15) is 18.0 Å². The predicted molar refractivity (Wildman–Crippen MR) is 78.4 cm³/mol. The van der Waals surface area contributed by atoms with E-state index in [1.54, 1.807) is 0 Å². The van der Waals surface area contributed by atoms with E-state index in [-0.39, 0.29) is 28.9 Å². The number of hydrogen-bond donors (Lipinski definition) is 1. The van der Waals surface area contributed by atoms with Gasteiger partial charge >= 0.3 is 5.97 Å². The third-order valence-corrected chi connectivity index (χ3v) is 4.98. The molecule has 1 N–H and O–H groups in total. The molecule has 0 aromatic heterocycles. The Labute approximate surface area is 131 Å². The molecule has 1 fully saturated rings. The van der Waals surface area contributed by atoms with Gasteiger partial charge in [-0.3, -0.25) is 4.79 Å². The number of halogens is 1. The van der Waals surface area contributed by atoms with Gasteiger partial charge in [-0.1, -0.05) is 0 Å². The first-order chi connectivity index (χ1) is 9.79. The van der Waals surface area contributed by atoms with Crippen LogP contribution in [0.5, 0.6) is 0 Å². The number of ketones is 1. The van der Waals surface area contributed by atoms with Crippen molar-refractivity contribution < 1.29 is 22.7 Å². The average molecular weight is 376 g/mol. The smallest absolute Gasteiger partial charge is 0.339 e. The van der Waals surface area contributed by atoms with Crippen LogP contribution in [0.15, 0.2) is 27.6 Å². The molecule has 114 valence electrons. The zero-order chi connectivity index (χ0) is 15.6. The summed E-state index contributed by atoms with van der Waals surface area (Å²) >= 11 is 3.17. The van der Waals surface area contributed by atoms with Crippen LogP contribution in [-0.2, 0) is 19.6 Å². The molecule has 1 aliphatic rings. The van der Waals surface area contributed by atoms with Crippen LogP contribution in [0.4, 0.5) is 0 Å². The highest BCUT2D eigenvalue weighted by Gasteiger charge is 2.28. The SMILES string of the molecule is CC(=O)COC(=O)c1cc(S(=O)(=O)NC2CC2)ccc1Br. The molecule has 1 aromatic rings. The molecular weight excluding hydrogens is 362 g/mol. The normalized spacial score (nSPS) is 14.8. The monoisotopic (exact) mass is 375 g/mol. The third-order valence-electron chi connectivity index (χ3n) is 2.77. The lowest BCUT2D eigenvalue weighted by molar-refractivity contribution is -0.120. The number of esters is 1. The number of ether oxygens (including phenoxy) is 1. The fraction of sp³-hybridized carbons (Fsp3) is 0.385. The van der Waals surface area contributed by atoms with Gasteiger partial charge < -0.3 is 4.74 Å². The van der Waals surface area contributed by atoms with Crippen LogP contribution in [-0.4, -0.2) is 32.8 Å². The van der Waals surface area contributed by atoms with Gasteiger partial charge in [0.2, 0.25) is 10.0 Å². The summed E-state index contributed by atoms with van der Waals surface area (Å²) in [6, 6.07) is 4.08. The standard InChI is InChI=1S/C13H14BrNO5S/c1-8(16)7-20-13(17)11-6-10(4-5-12(11)14)21(18,19)15-9-2-3-9/h4-6,9,15H,2-3,7H2,1H3. The first kappa shape index (κ1) is 16.1. The Balaban J connectivity index is 2.24. The number of carbonyl (C=O) groups excluding carboxylic acids is 2. The Morgan fingerprint density at radius 3 is 2.62 bits per heavy atom. The second kappa shape index (κ2) is 6.25. The number of nitrogens with one attached hydrogen (secondary N) is 1. The topological polar surface area (TPSA) is 89.5 Å². The van der Waals surface area contributed by atoms with Gasteiger partial charge in [0.1, 0.15) is 6.61 Å². The summed E-state index contributed by atoms with van der Waals surface area (Å²) in [4.78, 5) is 22.7. The Kier molecular flexibility index (Phi) is 4.80. The molecule has 1 aliphatic carbocycles. The lowest BCUT2D eigenvalue weighted by atomic mass is 10.2. The van der Waals surface area contributed by atoms with Gasteiger partial charge in [0.05, 0.1) is 10.5 Å². The van der Waals surface area contributed by atoms with Crippen LogP contribution in [0, 0.1) is 0 Å². The number of benzene rings is 1. The van der Waals surface area contributed by atoms with E-state index in [0.29, 0.717) is 4.47 Å². The average Bonchev–Trinajstić information content (AvgIpc) is 3.19. The molecule has 21 heavy (non-hydrogen) atoms. The molecule has 0 heterocycles. The van der Waals surface area contributed by atoms with Crippen LogP contribution in [0.25, 0.3) is 0 Å². The highest BCUT2D eigenvalue weighted by Crippen LogP contribution is 2.25. The Hall–Kier alpha value is -1.25. The van der Waals surface area contributed by atoms with Crippen molar-refractivity contribution in [3.63, 3.8) is 0 Å². The van der Waals surface area contributed by atoms with Gasteiger partial charge in [0.25, 0.3) is 0 Å².